The highest BCUT2D eigenvalue weighted by atomic mass is 16.3. The van der Waals surface area contributed by atoms with Crippen molar-refractivity contribution in [2.24, 2.45) is 0 Å². The van der Waals surface area contributed by atoms with Crippen LogP contribution in [0.5, 0.6) is 0 Å². The molecule has 2 nitrogen and oxygen atoms in total. The summed E-state index contributed by atoms with van der Waals surface area (Å²) in [4.78, 5) is 2.43. The number of para-hydroxylation sites is 2. The first kappa shape index (κ1) is 30.2. The molecular formula is C50H35NO. The second kappa shape index (κ2) is 12.6. The minimum Gasteiger partial charge on any atom is -0.456 e. The SMILES string of the molecule is C1=Cc2ccccc2C(c2ccccc2N(c2ccc(-c3ccccc3)cc2)c2ccc(-c3ccc4ccc5oc6ccccc6c5c4c3)cc2)C1. The van der Waals surface area contributed by atoms with Crippen LogP contribution < -0.4 is 4.90 Å². The smallest absolute Gasteiger partial charge is 0.136 e. The zero-order chi connectivity index (χ0) is 34.4. The Bertz CT molecular complexity index is 2750. The zero-order valence-electron chi connectivity index (χ0n) is 28.6. The van der Waals surface area contributed by atoms with E-state index in [1.54, 1.807) is 0 Å². The van der Waals surface area contributed by atoms with Crippen LogP contribution >= 0.6 is 0 Å². The van der Waals surface area contributed by atoms with E-state index in [2.05, 4.69) is 187 Å². The molecule has 1 aliphatic rings. The van der Waals surface area contributed by atoms with Gasteiger partial charge in [0.1, 0.15) is 11.2 Å². The number of allylic oxidation sites excluding steroid dienone is 1. The molecule has 0 fully saturated rings. The maximum Gasteiger partial charge on any atom is 0.136 e. The predicted octanol–water partition coefficient (Wildman–Crippen LogP) is 14.1. The quantitative estimate of drug-likeness (QED) is 0.176. The number of anilines is 3. The Morgan fingerprint density at radius 1 is 0.462 bits per heavy atom. The summed E-state index contributed by atoms with van der Waals surface area (Å²) in [5, 5.41) is 4.74. The number of fused-ring (bicyclic) bond motifs is 6. The molecular weight excluding hydrogens is 631 g/mol. The van der Waals surface area contributed by atoms with E-state index in [4.69, 9.17) is 4.42 Å². The number of hydrogen-bond acceptors (Lipinski definition) is 2. The highest BCUT2D eigenvalue weighted by Crippen LogP contribution is 2.45. The van der Waals surface area contributed by atoms with Gasteiger partial charge in [-0.3, -0.25) is 0 Å². The van der Waals surface area contributed by atoms with Crippen molar-refractivity contribution in [3.8, 4) is 22.3 Å². The molecule has 0 N–H and O–H groups in total. The molecule has 2 heteroatoms. The molecule has 10 rings (SSSR count). The van der Waals surface area contributed by atoms with Crippen molar-refractivity contribution < 1.29 is 4.42 Å². The first-order chi connectivity index (χ1) is 25.8. The minimum atomic E-state index is 0.260. The van der Waals surface area contributed by atoms with Gasteiger partial charge in [-0.1, -0.05) is 146 Å². The second-order valence-electron chi connectivity index (χ2n) is 13.6. The Hall–Kier alpha value is -6.64. The first-order valence-electron chi connectivity index (χ1n) is 18.0. The van der Waals surface area contributed by atoms with Crippen LogP contribution in [0.4, 0.5) is 17.1 Å². The second-order valence-corrected chi connectivity index (χ2v) is 13.6. The molecule has 0 bridgehead atoms. The molecule has 9 aromatic rings. The summed E-state index contributed by atoms with van der Waals surface area (Å²) in [7, 11) is 0. The van der Waals surface area contributed by atoms with Gasteiger partial charge in [0.15, 0.2) is 0 Å². The molecule has 1 aromatic heterocycles. The van der Waals surface area contributed by atoms with E-state index in [0.717, 1.165) is 34.3 Å². The highest BCUT2D eigenvalue weighted by Gasteiger charge is 2.25. The highest BCUT2D eigenvalue weighted by molar-refractivity contribution is 6.19. The summed E-state index contributed by atoms with van der Waals surface area (Å²) in [5.41, 5.74) is 14.1. The Labute approximate surface area is 303 Å². The monoisotopic (exact) mass is 665 g/mol. The molecule has 0 saturated heterocycles. The molecule has 1 atom stereocenters. The molecule has 1 unspecified atom stereocenters. The lowest BCUT2D eigenvalue weighted by Crippen LogP contribution is -2.15. The Kier molecular flexibility index (Phi) is 7.32. The third kappa shape index (κ3) is 5.20. The van der Waals surface area contributed by atoms with E-state index in [9.17, 15) is 0 Å². The van der Waals surface area contributed by atoms with Gasteiger partial charge in [-0.25, -0.2) is 0 Å². The minimum absolute atomic E-state index is 0.260. The van der Waals surface area contributed by atoms with Crippen molar-refractivity contribution in [1.29, 1.82) is 0 Å². The molecule has 52 heavy (non-hydrogen) atoms. The standard InChI is InChI=1S/C50H35NO/c1-2-11-34(12-3-1)35-23-28-40(29-24-35)51(47-19-8-6-16-44(47)43-18-10-14-37-13-4-5-15-42(37)43)41-30-25-36(26-31-41)39-22-21-38-27-32-49-50(46(38)33-39)45-17-7-9-20-48(45)52-49/h1-17,19-33,43H,18H2. The fraction of sp³-hybridized carbons (Fsp3) is 0.0400. The predicted molar refractivity (Wildman–Crippen MR) is 219 cm³/mol. The van der Waals surface area contributed by atoms with Crippen LogP contribution in [0.15, 0.2) is 192 Å². The maximum atomic E-state index is 6.23. The van der Waals surface area contributed by atoms with Gasteiger partial charge in [0.2, 0.25) is 0 Å². The molecule has 1 aliphatic carbocycles. The van der Waals surface area contributed by atoms with Gasteiger partial charge in [0.25, 0.3) is 0 Å². The fourth-order valence-corrected chi connectivity index (χ4v) is 8.10. The molecule has 0 saturated carbocycles. The Morgan fingerprint density at radius 3 is 1.88 bits per heavy atom. The van der Waals surface area contributed by atoms with Gasteiger partial charge >= 0.3 is 0 Å². The summed E-state index contributed by atoms with van der Waals surface area (Å²) in [5.74, 6) is 0.260. The lowest BCUT2D eigenvalue weighted by atomic mass is 9.81. The summed E-state index contributed by atoms with van der Waals surface area (Å²) in [6.07, 6.45) is 5.55. The van der Waals surface area contributed by atoms with Crippen molar-refractivity contribution in [3.63, 3.8) is 0 Å². The number of nitrogens with zero attached hydrogens (tertiary/aromatic N) is 1. The van der Waals surface area contributed by atoms with Crippen LogP contribution in [0.1, 0.15) is 29.0 Å². The van der Waals surface area contributed by atoms with Crippen LogP contribution in [0.3, 0.4) is 0 Å². The lowest BCUT2D eigenvalue weighted by molar-refractivity contribution is 0.669. The average Bonchev–Trinajstić information content (AvgIpc) is 3.61. The van der Waals surface area contributed by atoms with Gasteiger partial charge in [0.05, 0.1) is 0 Å². The molecule has 8 aromatic carbocycles. The first-order valence-corrected chi connectivity index (χ1v) is 18.0. The van der Waals surface area contributed by atoms with Crippen molar-refractivity contribution in [2.45, 2.75) is 12.3 Å². The van der Waals surface area contributed by atoms with Crippen molar-refractivity contribution in [1.82, 2.24) is 0 Å². The third-order valence-electron chi connectivity index (χ3n) is 10.6. The summed E-state index contributed by atoms with van der Waals surface area (Å²) in [6.45, 7) is 0. The molecule has 1 heterocycles. The molecule has 0 spiro atoms. The Morgan fingerprint density at radius 2 is 1.08 bits per heavy atom. The average molecular weight is 666 g/mol. The summed E-state index contributed by atoms with van der Waals surface area (Å²) >= 11 is 0. The molecule has 0 aliphatic heterocycles. The van der Waals surface area contributed by atoms with E-state index in [0.29, 0.717) is 0 Å². The van der Waals surface area contributed by atoms with Gasteiger partial charge in [-0.15, -0.1) is 0 Å². The number of benzene rings is 8. The Balaban J connectivity index is 1.09. The van der Waals surface area contributed by atoms with E-state index in [1.165, 1.54) is 60.8 Å². The van der Waals surface area contributed by atoms with Crippen LogP contribution in [0.2, 0.25) is 0 Å². The molecule has 0 radical (unpaired) electrons. The van der Waals surface area contributed by atoms with Crippen molar-refractivity contribution in [3.05, 3.63) is 205 Å². The largest absolute Gasteiger partial charge is 0.456 e. The zero-order valence-corrected chi connectivity index (χ0v) is 28.6. The topological polar surface area (TPSA) is 16.4 Å². The van der Waals surface area contributed by atoms with E-state index < -0.39 is 0 Å². The third-order valence-corrected chi connectivity index (χ3v) is 10.6. The lowest BCUT2D eigenvalue weighted by Gasteiger charge is -2.31. The van der Waals surface area contributed by atoms with Crippen LogP contribution in [0.25, 0.3) is 61.0 Å². The van der Waals surface area contributed by atoms with Gasteiger partial charge in [0, 0.05) is 33.8 Å². The summed E-state index contributed by atoms with van der Waals surface area (Å²) < 4.78 is 6.23. The van der Waals surface area contributed by atoms with Crippen molar-refractivity contribution in [2.75, 3.05) is 4.90 Å². The van der Waals surface area contributed by atoms with E-state index >= 15 is 0 Å². The van der Waals surface area contributed by atoms with Gasteiger partial charge in [-0.2, -0.15) is 0 Å². The van der Waals surface area contributed by atoms with E-state index in [1.807, 2.05) is 12.1 Å². The molecule has 246 valence electrons. The number of furan rings is 1. The van der Waals surface area contributed by atoms with E-state index in [-0.39, 0.29) is 5.92 Å². The van der Waals surface area contributed by atoms with Crippen molar-refractivity contribution >= 4 is 55.8 Å². The van der Waals surface area contributed by atoms with Gasteiger partial charge < -0.3 is 9.32 Å². The normalized spacial score (nSPS) is 13.8. The van der Waals surface area contributed by atoms with Gasteiger partial charge in [-0.05, 0) is 105 Å². The maximum absolute atomic E-state index is 6.23. The van der Waals surface area contributed by atoms with Crippen LogP contribution in [-0.2, 0) is 0 Å². The fourth-order valence-electron chi connectivity index (χ4n) is 8.10. The van der Waals surface area contributed by atoms with Crippen LogP contribution in [0, 0.1) is 0 Å². The number of rotatable bonds is 6. The summed E-state index contributed by atoms with van der Waals surface area (Å²) in [6, 6.07) is 65.7. The van der Waals surface area contributed by atoms with Crippen LogP contribution in [-0.4, -0.2) is 0 Å². The number of hydrogen-bond donors (Lipinski definition) is 0. The molecule has 0 amide bonds.